The molecule has 4 heterocycles. The van der Waals surface area contributed by atoms with Gasteiger partial charge in [0.25, 0.3) is 5.91 Å². The molecule has 1 aliphatic carbocycles. The van der Waals surface area contributed by atoms with E-state index in [9.17, 15) is 14.0 Å². The van der Waals surface area contributed by atoms with Crippen molar-refractivity contribution in [1.82, 2.24) is 24.9 Å². The van der Waals surface area contributed by atoms with E-state index in [0.29, 0.717) is 35.7 Å². The first kappa shape index (κ1) is 21.2. The summed E-state index contributed by atoms with van der Waals surface area (Å²) >= 11 is 0. The van der Waals surface area contributed by atoms with E-state index in [4.69, 9.17) is 5.10 Å². The van der Waals surface area contributed by atoms with Crippen molar-refractivity contribution in [3.63, 3.8) is 0 Å². The maximum atomic E-state index is 13.3. The number of nitrogens with zero attached hydrogens (tertiary/aromatic N) is 5. The highest BCUT2D eigenvalue weighted by molar-refractivity contribution is 5.94. The number of nitrogens with one attached hydrogen (secondary N) is 2. The summed E-state index contributed by atoms with van der Waals surface area (Å²) in [4.78, 5) is 34.9. The first-order valence-corrected chi connectivity index (χ1v) is 11.4. The van der Waals surface area contributed by atoms with Crippen LogP contribution in [0.25, 0.3) is 16.9 Å². The minimum atomic E-state index is -0.994. The molecule has 1 aliphatic heterocycles. The number of benzene rings is 1. The van der Waals surface area contributed by atoms with Crippen LogP contribution >= 0.6 is 0 Å². The van der Waals surface area contributed by atoms with Gasteiger partial charge in [-0.25, -0.2) is 13.9 Å². The molecule has 3 aromatic heterocycles. The predicted molar refractivity (Wildman–Crippen MR) is 129 cm³/mol. The van der Waals surface area contributed by atoms with Gasteiger partial charge in [-0.05, 0) is 30.2 Å². The van der Waals surface area contributed by atoms with Gasteiger partial charge in [0.2, 0.25) is 0 Å². The Labute approximate surface area is 200 Å². The Balaban J connectivity index is 1.41. The Kier molecular flexibility index (Phi) is 4.94. The third-order valence-corrected chi connectivity index (χ3v) is 6.49. The Hall–Kier alpha value is -4.34. The van der Waals surface area contributed by atoms with Gasteiger partial charge in [0.05, 0.1) is 23.6 Å². The van der Waals surface area contributed by atoms with Crippen molar-refractivity contribution in [2.45, 2.75) is 25.1 Å². The molecule has 10 heteroatoms. The average molecular weight is 471 g/mol. The Bertz CT molecular complexity index is 1480. The third kappa shape index (κ3) is 3.58. The molecule has 1 aromatic carbocycles. The second-order valence-electron chi connectivity index (χ2n) is 8.67. The number of carbonyl (C=O) groups excluding carboxylic acids is 2. The topological polar surface area (TPSA) is 105 Å². The number of rotatable bonds is 6. The van der Waals surface area contributed by atoms with Crippen LogP contribution in [0.4, 0.5) is 21.6 Å². The molecule has 35 heavy (non-hydrogen) atoms. The lowest BCUT2D eigenvalue weighted by atomic mass is 10.0. The van der Waals surface area contributed by atoms with E-state index in [2.05, 4.69) is 25.5 Å². The molecule has 1 amide bonds. The highest BCUT2D eigenvalue weighted by atomic mass is 19.1. The molecule has 0 radical (unpaired) electrons. The van der Waals surface area contributed by atoms with Crippen molar-refractivity contribution >= 4 is 35.0 Å². The molecule has 1 saturated carbocycles. The van der Waals surface area contributed by atoms with Crippen molar-refractivity contribution in [3.05, 3.63) is 65.6 Å². The number of anilines is 3. The van der Waals surface area contributed by atoms with Crippen LogP contribution in [0.2, 0.25) is 0 Å². The molecule has 6 rings (SSSR count). The molecule has 176 valence electrons. The fourth-order valence-corrected chi connectivity index (χ4v) is 4.56. The van der Waals surface area contributed by atoms with Crippen LogP contribution in [-0.2, 0) is 6.42 Å². The highest BCUT2D eigenvalue weighted by Crippen LogP contribution is 2.39. The SMILES string of the molecule is CNc1cc(N2CCc3c(-c4cc(C=O)ccn4)cccc32)nn2c(C(=O)N[C@@H]3C[C@@H]3F)cnc12. The zero-order valence-electron chi connectivity index (χ0n) is 18.9. The summed E-state index contributed by atoms with van der Waals surface area (Å²) in [5.74, 6) is 0.244. The third-order valence-electron chi connectivity index (χ3n) is 6.49. The maximum Gasteiger partial charge on any atom is 0.271 e. The quantitative estimate of drug-likeness (QED) is 0.416. The Morgan fingerprint density at radius 2 is 2.09 bits per heavy atom. The monoisotopic (exact) mass is 471 g/mol. The lowest BCUT2D eigenvalue weighted by molar-refractivity contribution is 0.0940. The van der Waals surface area contributed by atoms with Crippen LogP contribution < -0.4 is 15.5 Å². The number of aldehydes is 1. The molecule has 9 nitrogen and oxygen atoms in total. The first-order chi connectivity index (χ1) is 17.1. The Morgan fingerprint density at radius 3 is 2.86 bits per heavy atom. The molecule has 2 atom stereocenters. The number of fused-ring (bicyclic) bond motifs is 2. The van der Waals surface area contributed by atoms with Gasteiger partial charge in [-0.3, -0.25) is 14.6 Å². The van der Waals surface area contributed by atoms with Gasteiger partial charge in [-0.2, -0.15) is 0 Å². The van der Waals surface area contributed by atoms with Crippen molar-refractivity contribution < 1.29 is 14.0 Å². The molecule has 0 saturated heterocycles. The summed E-state index contributed by atoms with van der Waals surface area (Å²) in [5.41, 5.74) is 5.86. The van der Waals surface area contributed by atoms with E-state index in [1.54, 1.807) is 25.4 Å². The van der Waals surface area contributed by atoms with Crippen molar-refractivity contribution in [3.8, 4) is 11.3 Å². The molecular weight excluding hydrogens is 449 g/mol. The van der Waals surface area contributed by atoms with Crippen LogP contribution in [0.5, 0.6) is 0 Å². The number of imidazole rings is 1. The zero-order valence-corrected chi connectivity index (χ0v) is 18.9. The normalized spacial score (nSPS) is 18.4. The van der Waals surface area contributed by atoms with Crippen molar-refractivity contribution in [2.24, 2.45) is 0 Å². The molecule has 1 fully saturated rings. The predicted octanol–water partition coefficient (Wildman–Crippen LogP) is 3.18. The van der Waals surface area contributed by atoms with Crippen LogP contribution in [0.1, 0.15) is 32.8 Å². The van der Waals surface area contributed by atoms with Crippen LogP contribution in [-0.4, -0.2) is 57.6 Å². The molecular formula is C25H22FN7O2. The van der Waals surface area contributed by atoms with Gasteiger partial charge >= 0.3 is 0 Å². The largest absolute Gasteiger partial charge is 0.385 e. The lowest BCUT2D eigenvalue weighted by Gasteiger charge is -2.20. The van der Waals surface area contributed by atoms with Crippen molar-refractivity contribution in [2.75, 3.05) is 23.8 Å². The molecule has 2 aliphatic rings. The number of pyridine rings is 1. The van der Waals surface area contributed by atoms with Crippen LogP contribution in [0, 0.1) is 0 Å². The second-order valence-corrected chi connectivity index (χ2v) is 8.67. The molecule has 0 bridgehead atoms. The smallest absolute Gasteiger partial charge is 0.271 e. The molecule has 0 unspecified atom stereocenters. The highest BCUT2D eigenvalue weighted by Gasteiger charge is 2.39. The molecule has 2 N–H and O–H groups in total. The number of aromatic nitrogens is 4. The minimum absolute atomic E-state index is 0.250. The fraction of sp³-hybridized carbons (Fsp3) is 0.240. The average Bonchev–Trinajstić information content (AvgIpc) is 3.26. The summed E-state index contributed by atoms with van der Waals surface area (Å²) in [5, 5.41) is 10.6. The summed E-state index contributed by atoms with van der Waals surface area (Å²) in [6.07, 6.45) is 4.02. The van der Waals surface area contributed by atoms with E-state index < -0.39 is 18.1 Å². The fourth-order valence-electron chi connectivity index (χ4n) is 4.56. The lowest BCUT2D eigenvalue weighted by Crippen LogP contribution is -2.28. The van der Waals surface area contributed by atoms with E-state index in [1.807, 2.05) is 24.3 Å². The van der Waals surface area contributed by atoms with Crippen molar-refractivity contribution in [1.29, 1.82) is 0 Å². The number of carbonyl (C=O) groups is 2. The van der Waals surface area contributed by atoms with Gasteiger partial charge in [0.15, 0.2) is 17.2 Å². The summed E-state index contributed by atoms with van der Waals surface area (Å²) in [7, 11) is 1.78. The summed E-state index contributed by atoms with van der Waals surface area (Å²) < 4.78 is 14.8. The van der Waals surface area contributed by atoms with Gasteiger partial charge in [-0.15, -0.1) is 5.10 Å². The van der Waals surface area contributed by atoms with E-state index >= 15 is 0 Å². The number of hydrogen-bond donors (Lipinski definition) is 2. The first-order valence-electron chi connectivity index (χ1n) is 11.4. The number of hydrogen-bond acceptors (Lipinski definition) is 7. The minimum Gasteiger partial charge on any atom is -0.385 e. The maximum absolute atomic E-state index is 13.3. The number of amides is 1. The zero-order chi connectivity index (χ0) is 24.1. The Morgan fingerprint density at radius 1 is 1.23 bits per heavy atom. The van der Waals surface area contributed by atoms with Gasteiger partial charge in [-0.1, -0.05) is 12.1 Å². The van der Waals surface area contributed by atoms with Crippen LogP contribution in [0.15, 0.2) is 48.8 Å². The summed E-state index contributed by atoms with van der Waals surface area (Å²) in [6, 6.07) is 10.9. The molecule has 4 aromatic rings. The van der Waals surface area contributed by atoms with Gasteiger partial charge in [0.1, 0.15) is 12.5 Å². The van der Waals surface area contributed by atoms with E-state index in [0.717, 1.165) is 35.2 Å². The standard InChI is InChI=1S/C25H22FN7O2/c1-27-20-11-23(31-33-22(12-29-24(20)33)25(35)30-19-10-17(19)26)32-8-6-16-15(3-2-4-21(16)32)18-9-14(13-34)5-7-28-18/h2-5,7,9,11-13,17,19,27H,6,8,10H2,1H3,(H,30,35)/t17-,19+/m0/s1. The number of alkyl halides is 1. The second kappa shape index (κ2) is 8.15. The molecule has 0 spiro atoms. The van der Waals surface area contributed by atoms with E-state index in [1.165, 1.54) is 10.7 Å². The van der Waals surface area contributed by atoms with Gasteiger partial charge in [0, 0.05) is 49.1 Å². The van der Waals surface area contributed by atoms with E-state index in [-0.39, 0.29) is 5.69 Å². The van der Waals surface area contributed by atoms with Crippen LogP contribution in [0.3, 0.4) is 0 Å². The van der Waals surface area contributed by atoms with Gasteiger partial charge < -0.3 is 15.5 Å². The summed E-state index contributed by atoms with van der Waals surface area (Å²) in [6.45, 7) is 0.684. The number of halogens is 1.